The predicted molar refractivity (Wildman–Crippen MR) is 48.4 cm³/mol. The highest BCUT2D eigenvalue weighted by molar-refractivity contribution is 7.90. The first-order valence-electron chi connectivity index (χ1n) is 2.81. The van der Waals surface area contributed by atoms with Gasteiger partial charge in [-0.15, -0.1) is 0 Å². The molecule has 3 N–H and O–H groups in total. The molecular formula is C5H7Cl2NO3S. The van der Waals surface area contributed by atoms with Gasteiger partial charge in [-0.3, -0.25) is 9.00 Å². The monoisotopic (exact) mass is 231 g/mol. The normalized spacial score (nSPS) is 17.1. The first-order valence-corrected chi connectivity index (χ1v) is 4.95. The second-order valence-corrected chi connectivity index (χ2v) is 4.18. The molecule has 0 radical (unpaired) electrons. The summed E-state index contributed by atoms with van der Waals surface area (Å²) in [6.07, 6.45) is 0. The molecule has 0 aliphatic carbocycles. The number of hydrogen-bond donors (Lipinski definition) is 2. The average molecular weight is 232 g/mol. The maximum atomic E-state index is 11.0. The summed E-state index contributed by atoms with van der Waals surface area (Å²) in [6.45, 7) is 0. The van der Waals surface area contributed by atoms with Crippen LogP contribution >= 0.6 is 23.2 Å². The fourth-order valence-corrected chi connectivity index (χ4v) is 1.58. The number of carboxylic acids is 1. The fourth-order valence-electron chi connectivity index (χ4n) is 0.364. The van der Waals surface area contributed by atoms with Gasteiger partial charge < -0.3 is 10.8 Å². The molecule has 7 heteroatoms. The second-order valence-electron chi connectivity index (χ2n) is 1.87. The van der Waals surface area contributed by atoms with Gasteiger partial charge in [-0.2, -0.15) is 0 Å². The van der Waals surface area contributed by atoms with Crippen molar-refractivity contribution in [3.63, 3.8) is 0 Å². The molecular weight excluding hydrogens is 225 g/mol. The van der Waals surface area contributed by atoms with Crippen LogP contribution in [-0.4, -0.2) is 27.1 Å². The Bertz CT molecular complexity index is 231. The lowest BCUT2D eigenvalue weighted by Gasteiger charge is -2.03. The molecule has 0 aliphatic rings. The zero-order valence-electron chi connectivity index (χ0n) is 5.87. The summed E-state index contributed by atoms with van der Waals surface area (Å²) < 4.78 is 10.9. The van der Waals surface area contributed by atoms with E-state index in [-0.39, 0.29) is 10.1 Å². The van der Waals surface area contributed by atoms with E-state index in [0.29, 0.717) is 0 Å². The largest absolute Gasteiger partial charge is 0.480 e. The summed E-state index contributed by atoms with van der Waals surface area (Å²) in [5.41, 5.74) is 6.01. The highest BCUT2D eigenvalue weighted by Gasteiger charge is 2.16. The summed E-state index contributed by atoms with van der Waals surface area (Å²) in [4.78, 5) is 10.2. The minimum atomic E-state index is -1.63. The van der Waals surface area contributed by atoms with Crippen molar-refractivity contribution >= 4 is 40.0 Å². The van der Waals surface area contributed by atoms with Crippen LogP contribution in [0.2, 0.25) is 0 Å². The van der Waals surface area contributed by atoms with Gasteiger partial charge in [0, 0.05) is 5.54 Å². The zero-order valence-corrected chi connectivity index (χ0v) is 8.20. The fraction of sp³-hybridized carbons (Fsp3) is 0.400. The Balaban J connectivity index is 4.11. The van der Waals surface area contributed by atoms with Gasteiger partial charge in [-0.05, 0) is 0 Å². The first-order chi connectivity index (χ1) is 5.49. The number of carbonyl (C=O) groups is 1. The van der Waals surface area contributed by atoms with Crippen LogP contribution in [-0.2, 0) is 15.6 Å². The van der Waals surface area contributed by atoms with Crippen LogP contribution in [0.5, 0.6) is 0 Å². The number of carboxylic acid groups (broad SMARTS) is 1. The number of hydrogen-bond acceptors (Lipinski definition) is 3. The van der Waals surface area contributed by atoms with Crippen LogP contribution in [0, 0.1) is 0 Å². The van der Waals surface area contributed by atoms with Crippen molar-refractivity contribution in [2.45, 2.75) is 6.04 Å². The Labute approximate surface area is 81.8 Å². The van der Waals surface area contributed by atoms with Crippen LogP contribution in [0.1, 0.15) is 0 Å². The Kier molecular flexibility index (Phi) is 5.48. The Morgan fingerprint density at radius 2 is 2.25 bits per heavy atom. The molecule has 0 aromatic heterocycles. The van der Waals surface area contributed by atoms with E-state index >= 15 is 0 Å². The molecule has 0 aromatic carbocycles. The zero-order chi connectivity index (χ0) is 9.72. The maximum absolute atomic E-state index is 11.0. The quantitative estimate of drug-likeness (QED) is 0.736. The molecule has 0 rings (SSSR count). The Hall–Kier alpha value is -0.100. The summed E-state index contributed by atoms with van der Waals surface area (Å²) in [5.74, 6) is -1.46. The number of aliphatic carboxylic acids is 1. The van der Waals surface area contributed by atoms with E-state index in [2.05, 4.69) is 0 Å². The Morgan fingerprint density at radius 3 is 2.58 bits per heavy atom. The van der Waals surface area contributed by atoms with E-state index in [9.17, 15) is 9.00 Å². The molecule has 0 amide bonds. The topological polar surface area (TPSA) is 80.4 Å². The Morgan fingerprint density at radius 1 is 1.75 bits per heavy atom. The molecule has 0 fully saturated rings. The minimum Gasteiger partial charge on any atom is -0.480 e. The van der Waals surface area contributed by atoms with Gasteiger partial charge in [0.15, 0.2) is 0 Å². The van der Waals surface area contributed by atoms with Crippen molar-refractivity contribution in [2.24, 2.45) is 5.73 Å². The minimum absolute atomic E-state index is 0.103. The van der Waals surface area contributed by atoms with E-state index in [4.69, 9.17) is 34.0 Å². The SMILES string of the molecule is N[C@@H](CS(=O)/C(Cl)=C\Cl)C(=O)O. The standard InChI is InChI=1S/C5H7Cl2NO3S/c6-1-4(7)12(11)2-3(8)5(9)10/h1,3H,2,8H2,(H,9,10)/b4-1-/t3-,12?/m0/s1. The molecule has 0 aromatic rings. The van der Waals surface area contributed by atoms with Crippen molar-refractivity contribution < 1.29 is 14.1 Å². The van der Waals surface area contributed by atoms with Gasteiger partial charge in [0.05, 0.1) is 16.6 Å². The molecule has 0 saturated carbocycles. The van der Waals surface area contributed by atoms with Gasteiger partial charge >= 0.3 is 5.97 Å². The molecule has 0 saturated heterocycles. The van der Waals surface area contributed by atoms with Crippen molar-refractivity contribution in [1.29, 1.82) is 0 Å². The van der Waals surface area contributed by atoms with Gasteiger partial charge in [-0.25, -0.2) is 0 Å². The highest BCUT2D eigenvalue weighted by atomic mass is 35.5. The number of nitrogens with two attached hydrogens (primary N) is 1. The van der Waals surface area contributed by atoms with Gasteiger partial charge in [-0.1, -0.05) is 23.2 Å². The summed E-state index contributed by atoms with van der Waals surface area (Å²) >= 11 is 10.5. The third-order valence-electron chi connectivity index (χ3n) is 0.951. The summed E-state index contributed by atoms with van der Waals surface area (Å²) in [7, 11) is -1.63. The van der Waals surface area contributed by atoms with Gasteiger partial charge in [0.2, 0.25) is 0 Å². The van der Waals surface area contributed by atoms with Crippen LogP contribution in [0.3, 0.4) is 0 Å². The number of halogens is 2. The third kappa shape index (κ3) is 4.06. The molecule has 70 valence electrons. The van der Waals surface area contributed by atoms with E-state index in [1.165, 1.54) is 0 Å². The molecule has 1 unspecified atom stereocenters. The van der Waals surface area contributed by atoms with Gasteiger partial charge in [0.25, 0.3) is 0 Å². The molecule has 0 bridgehead atoms. The molecule has 0 heterocycles. The molecule has 12 heavy (non-hydrogen) atoms. The summed E-state index contributed by atoms with van der Waals surface area (Å²) in [6, 6.07) is -1.18. The van der Waals surface area contributed by atoms with Gasteiger partial charge in [0.1, 0.15) is 10.4 Å². The molecule has 0 spiro atoms. The van der Waals surface area contributed by atoms with Crippen molar-refractivity contribution in [3.8, 4) is 0 Å². The second kappa shape index (κ2) is 5.53. The van der Waals surface area contributed by atoms with E-state index in [0.717, 1.165) is 5.54 Å². The van der Waals surface area contributed by atoms with E-state index in [1.54, 1.807) is 0 Å². The summed E-state index contributed by atoms with van der Waals surface area (Å²) in [5, 5.41) is 8.33. The lowest BCUT2D eigenvalue weighted by Crippen LogP contribution is -2.35. The molecule has 4 nitrogen and oxygen atoms in total. The first kappa shape index (κ1) is 11.9. The van der Waals surface area contributed by atoms with Crippen LogP contribution in [0.25, 0.3) is 0 Å². The third-order valence-corrected chi connectivity index (χ3v) is 3.25. The van der Waals surface area contributed by atoms with Crippen molar-refractivity contribution in [1.82, 2.24) is 0 Å². The highest BCUT2D eigenvalue weighted by Crippen LogP contribution is 2.09. The molecule has 0 aliphatic heterocycles. The van der Waals surface area contributed by atoms with Crippen molar-refractivity contribution in [3.05, 3.63) is 9.90 Å². The van der Waals surface area contributed by atoms with Crippen molar-refractivity contribution in [2.75, 3.05) is 5.75 Å². The van der Waals surface area contributed by atoms with Crippen LogP contribution in [0.15, 0.2) is 9.90 Å². The average Bonchev–Trinajstić information content (AvgIpc) is 2.02. The predicted octanol–water partition coefficient (Wildman–Crippen LogP) is 0.423. The number of rotatable bonds is 4. The molecule has 2 atom stereocenters. The lowest BCUT2D eigenvalue weighted by atomic mass is 10.4. The van der Waals surface area contributed by atoms with E-state index < -0.39 is 22.8 Å². The van der Waals surface area contributed by atoms with E-state index in [1.807, 2.05) is 0 Å². The maximum Gasteiger partial charge on any atom is 0.321 e. The van der Waals surface area contributed by atoms with Crippen LogP contribution in [0.4, 0.5) is 0 Å². The van der Waals surface area contributed by atoms with Crippen LogP contribution < -0.4 is 5.73 Å². The lowest BCUT2D eigenvalue weighted by molar-refractivity contribution is -0.137. The smallest absolute Gasteiger partial charge is 0.321 e.